The van der Waals surface area contributed by atoms with Crippen molar-refractivity contribution in [2.45, 2.75) is 31.7 Å². The van der Waals surface area contributed by atoms with E-state index in [0.717, 1.165) is 28.4 Å². The molecule has 19 heavy (non-hydrogen) atoms. The standard InChI is InChI=1S/C16H19N3/c17-13-7-8-14(12-2-1-9-18-16(12)13)19-15(10-3-4-10)11-5-6-11/h1-2,7-11,15,19H,3-6,17H2. The Kier molecular flexibility index (Phi) is 2.40. The second kappa shape index (κ2) is 4.12. The number of aromatic nitrogens is 1. The molecule has 0 bridgehead atoms. The zero-order chi connectivity index (χ0) is 12.8. The number of nitrogens with zero attached hydrogens (tertiary/aromatic N) is 1. The Morgan fingerprint density at radius 1 is 1.11 bits per heavy atom. The van der Waals surface area contributed by atoms with E-state index < -0.39 is 0 Å². The molecule has 4 rings (SSSR count). The van der Waals surface area contributed by atoms with Crippen molar-refractivity contribution in [2.75, 3.05) is 11.1 Å². The van der Waals surface area contributed by atoms with Crippen LogP contribution in [-0.4, -0.2) is 11.0 Å². The molecule has 3 heteroatoms. The van der Waals surface area contributed by atoms with Crippen LogP contribution in [0.25, 0.3) is 10.9 Å². The Bertz CT molecular complexity index is 602. The molecule has 0 unspecified atom stereocenters. The number of nitrogens with two attached hydrogens (primary N) is 1. The minimum absolute atomic E-state index is 0.659. The van der Waals surface area contributed by atoms with Gasteiger partial charge in [-0.3, -0.25) is 4.98 Å². The number of hydrogen-bond acceptors (Lipinski definition) is 3. The molecule has 0 amide bonds. The van der Waals surface area contributed by atoms with Crippen LogP contribution in [0.4, 0.5) is 11.4 Å². The summed E-state index contributed by atoms with van der Waals surface area (Å²) in [5.41, 5.74) is 8.88. The van der Waals surface area contributed by atoms with Gasteiger partial charge in [0, 0.05) is 23.3 Å². The SMILES string of the molecule is Nc1ccc(NC(C2CC2)C2CC2)c2cccnc12. The molecule has 2 fully saturated rings. The number of nitrogens with one attached hydrogen (secondary N) is 1. The van der Waals surface area contributed by atoms with Gasteiger partial charge < -0.3 is 11.1 Å². The molecule has 2 aromatic rings. The fourth-order valence-corrected chi connectivity index (χ4v) is 3.03. The lowest BCUT2D eigenvalue weighted by Gasteiger charge is -2.20. The van der Waals surface area contributed by atoms with E-state index in [4.69, 9.17) is 5.73 Å². The van der Waals surface area contributed by atoms with Gasteiger partial charge in [0.05, 0.1) is 11.2 Å². The number of hydrogen-bond donors (Lipinski definition) is 2. The highest BCUT2D eigenvalue weighted by molar-refractivity contribution is 5.98. The van der Waals surface area contributed by atoms with Gasteiger partial charge in [0.15, 0.2) is 0 Å². The molecule has 0 spiro atoms. The van der Waals surface area contributed by atoms with Gasteiger partial charge in [0.1, 0.15) is 0 Å². The summed E-state index contributed by atoms with van der Waals surface area (Å²) in [6.07, 6.45) is 7.36. The van der Waals surface area contributed by atoms with Crippen molar-refractivity contribution < 1.29 is 0 Å². The fourth-order valence-electron chi connectivity index (χ4n) is 3.03. The van der Waals surface area contributed by atoms with Crippen LogP contribution in [0.2, 0.25) is 0 Å². The minimum Gasteiger partial charge on any atom is -0.397 e. The summed E-state index contributed by atoms with van der Waals surface area (Å²) < 4.78 is 0. The fraction of sp³-hybridized carbons (Fsp3) is 0.438. The molecular formula is C16H19N3. The Morgan fingerprint density at radius 2 is 1.84 bits per heavy atom. The van der Waals surface area contributed by atoms with Crippen molar-refractivity contribution in [1.29, 1.82) is 0 Å². The van der Waals surface area contributed by atoms with Crippen LogP contribution in [0.15, 0.2) is 30.5 Å². The molecule has 1 aromatic carbocycles. The molecule has 2 aliphatic carbocycles. The van der Waals surface area contributed by atoms with Crippen LogP contribution in [0.5, 0.6) is 0 Å². The van der Waals surface area contributed by atoms with Crippen LogP contribution < -0.4 is 11.1 Å². The topological polar surface area (TPSA) is 50.9 Å². The summed E-state index contributed by atoms with van der Waals surface area (Å²) in [5, 5.41) is 4.92. The summed E-state index contributed by atoms with van der Waals surface area (Å²) in [7, 11) is 0. The van der Waals surface area contributed by atoms with Gasteiger partial charge in [0.25, 0.3) is 0 Å². The first-order chi connectivity index (χ1) is 9.33. The number of rotatable bonds is 4. The number of fused-ring (bicyclic) bond motifs is 1. The summed E-state index contributed by atoms with van der Waals surface area (Å²) in [4.78, 5) is 4.40. The van der Waals surface area contributed by atoms with E-state index in [-0.39, 0.29) is 0 Å². The Morgan fingerprint density at radius 3 is 2.53 bits per heavy atom. The summed E-state index contributed by atoms with van der Waals surface area (Å²) >= 11 is 0. The van der Waals surface area contributed by atoms with Crippen molar-refractivity contribution >= 4 is 22.3 Å². The van der Waals surface area contributed by atoms with Gasteiger partial charge >= 0.3 is 0 Å². The first kappa shape index (κ1) is 11.1. The smallest absolute Gasteiger partial charge is 0.0951 e. The van der Waals surface area contributed by atoms with Crippen molar-refractivity contribution in [3.05, 3.63) is 30.5 Å². The third-order valence-corrected chi connectivity index (χ3v) is 4.38. The van der Waals surface area contributed by atoms with Gasteiger partial charge in [-0.2, -0.15) is 0 Å². The van der Waals surface area contributed by atoms with Crippen LogP contribution in [-0.2, 0) is 0 Å². The molecule has 0 aliphatic heterocycles. The van der Waals surface area contributed by atoms with E-state index in [1.54, 1.807) is 0 Å². The second-order valence-electron chi connectivity index (χ2n) is 5.95. The zero-order valence-corrected chi connectivity index (χ0v) is 11.0. The molecule has 3 nitrogen and oxygen atoms in total. The highest BCUT2D eigenvalue weighted by Crippen LogP contribution is 2.46. The molecule has 98 valence electrons. The number of nitrogen functional groups attached to an aromatic ring is 1. The molecule has 0 atom stereocenters. The number of pyridine rings is 1. The molecule has 2 aliphatic rings. The first-order valence-electron chi connectivity index (χ1n) is 7.22. The summed E-state index contributed by atoms with van der Waals surface area (Å²) in [6, 6.07) is 8.83. The normalized spacial score (nSPS) is 19.0. The second-order valence-corrected chi connectivity index (χ2v) is 5.95. The summed E-state index contributed by atoms with van der Waals surface area (Å²) in [5.74, 6) is 1.77. The highest BCUT2D eigenvalue weighted by Gasteiger charge is 2.41. The predicted molar refractivity (Wildman–Crippen MR) is 79.0 cm³/mol. The molecule has 1 heterocycles. The first-order valence-corrected chi connectivity index (χ1v) is 7.22. The Hall–Kier alpha value is -1.77. The van der Waals surface area contributed by atoms with Crippen molar-refractivity contribution in [3.8, 4) is 0 Å². The van der Waals surface area contributed by atoms with Crippen molar-refractivity contribution in [1.82, 2.24) is 4.98 Å². The van der Waals surface area contributed by atoms with Crippen molar-refractivity contribution in [2.24, 2.45) is 11.8 Å². The number of anilines is 2. The van der Waals surface area contributed by atoms with Gasteiger partial charge in [-0.1, -0.05) is 0 Å². The van der Waals surface area contributed by atoms with Crippen LogP contribution in [0.1, 0.15) is 25.7 Å². The van der Waals surface area contributed by atoms with Crippen LogP contribution >= 0.6 is 0 Å². The quantitative estimate of drug-likeness (QED) is 0.821. The van der Waals surface area contributed by atoms with Crippen molar-refractivity contribution in [3.63, 3.8) is 0 Å². The predicted octanol–water partition coefficient (Wildman–Crippen LogP) is 3.42. The van der Waals surface area contributed by atoms with Gasteiger partial charge in [-0.25, -0.2) is 0 Å². The molecule has 1 aromatic heterocycles. The maximum absolute atomic E-state index is 6.01. The molecule has 0 saturated heterocycles. The zero-order valence-electron chi connectivity index (χ0n) is 11.0. The van der Waals surface area contributed by atoms with E-state index in [9.17, 15) is 0 Å². The average molecular weight is 253 g/mol. The minimum atomic E-state index is 0.659. The van der Waals surface area contributed by atoms with E-state index in [0.29, 0.717) is 6.04 Å². The lowest BCUT2D eigenvalue weighted by Crippen LogP contribution is -2.24. The van der Waals surface area contributed by atoms with Crippen LogP contribution in [0.3, 0.4) is 0 Å². The maximum Gasteiger partial charge on any atom is 0.0951 e. The number of benzene rings is 1. The molecule has 2 saturated carbocycles. The van der Waals surface area contributed by atoms with E-state index in [1.807, 2.05) is 18.3 Å². The summed E-state index contributed by atoms with van der Waals surface area (Å²) in [6.45, 7) is 0. The Balaban J connectivity index is 1.72. The monoisotopic (exact) mass is 253 g/mol. The van der Waals surface area contributed by atoms with Gasteiger partial charge in [-0.15, -0.1) is 0 Å². The lowest BCUT2D eigenvalue weighted by molar-refractivity contribution is 0.568. The largest absolute Gasteiger partial charge is 0.397 e. The van der Waals surface area contributed by atoms with E-state index in [2.05, 4.69) is 22.4 Å². The highest BCUT2D eigenvalue weighted by atomic mass is 15.0. The van der Waals surface area contributed by atoms with Gasteiger partial charge in [-0.05, 0) is 61.8 Å². The van der Waals surface area contributed by atoms with E-state index in [1.165, 1.54) is 31.4 Å². The average Bonchev–Trinajstić information content (AvgIpc) is 3.30. The third-order valence-electron chi connectivity index (χ3n) is 4.38. The van der Waals surface area contributed by atoms with Gasteiger partial charge in [0.2, 0.25) is 0 Å². The Labute approximate surface area is 113 Å². The third kappa shape index (κ3) is 2.03. The maximum atomic E-state index is 6.01. The van der Waals surface area contributed by atoms with Crippen LogP contribution in [0, 0.1) is 11.8 Å². The van der Waals surface area contributed by atoms with E-state index >= 15 is 0 Å². The molecule has 3 N–H and O–H groups in total. The molecular weight excluding hydrogens is 234 g/mol. The molecule has 0 radical (unpaired) electrons. The lowest BCUT2D eigenvalue weighted by atomic mass is 10.1.